The minimum Gasteiger partial charge on any atom is -0.374 e. The van der Waals surface area contributed by atoms with Gasteiger partial charge in [0.15, 0.2) is 5.82 Å². The molecule has 3 atom stereocenters. The minimum atomic E-state index is -0.127. The van der Waals surface area contributed by atoms with Crippen molar-refractivity contribution < 1.29 is 9.53 Å². The van der Waals surface area contributed by atoms with Gasteiger partial charge in [-0.15, -0.1) is 0 Å². The fraction of sp³-hybridized carbons (Fsp3) is 0.529. The molecular formula is C17H22N4O2S. The number of likely N-dealkylation sites (tertiary alicyclic amines) is 1. The van der Waals surface area contributed by atoms with Crippen LogP contribution in [0.1, 0.15) is 29.0 Å². The first-order chi connectivity index (χ1) is 11.7. The quantitative estimate of drug-likeness (QED) is 0.914. The highest BCUT2D eigenvalue weighted by Crippen LogP contribution is 2.30. The van der Waals surface area contributed by atoms with Gasteiger partial charge in [-0.3, -0.25) is 9.69 Å². The van der Waals surface area contributed by atoms with Crippen molar-refractivity contribution in [1.82, 2.24) is 19.8 Å². The van der Waals surface area contributed by atoms with E-state index in [0.717, 1.165) is 32.5 Å². The summed E-state index contributed by atoms with van der Waals surface area (Å²) >= 11 is 1.72. The summed E-state index contributed by atoms with van der Waals surface area (Å²) in [5, 5.41) is 7.45. The van der Waals surface area contributed by atoms with E-state index in [1.54, 1.807) is 28.3 Å². The molecule has 4 rings (SSSR count). The smallest absolute Gasteiger partial charge is 0.287 e. The molecule has 1 N–H and O–H groups in total. The Kier molecular flexibility index (Phi) is 4.39. The standard InChI is InChI=1S/C17H22N4O2S/c1-20-6-5-18-16(20)17(22)19-13-10-21(9-12-4-8-24-11-12)14-3-2-7-23-15(13)14/h4-6,8,11,13-15H,2-3,7,9-10H2,1H3,(H,19,22)/t13-,14+,15+/m0/s1. The van der Waals surface area contributed by atoms with Gasteiger partial charge < -0.3 is 14.6 Å². The van der Waals surface area contributed by atoms with E-state index in [1.165, 1.54) is 5.56 Å². The zero-order valence-electron chi connectivity index (χ0n) is 13.7. The Hall–Kier alpha value is -1.70. The maximum atomic E-state index is 12.5. The van der Waals surface area contributed by atoms with E-state index in [0.29, 0.717) is 11.9 Å². The van der Waals surface area contributed by atoms with Gasteiger partial charge in [0.05, 0.1) is 12.1 Å². The molecule has 4 heterocycles. The lowest BCUT2D eigenvalue weighted by atomic mass is 10.0. The first kappa shape index (κ1) is 15.8. The van der Waals surface area contributed by atoms with Crippen LogP contribution in [0.2, 0.25) is 0 Å². The van der Waals surface area contributed by atoms with Crippen LogP contribution < -0.4 is 5.32 Å². The van der Waals surface area contributed by atoms with Gasteiger partial charge in [0.1, 0.15) is 0 Å². The normalized spacial score (nSPS) is 27.1. The Morgan fingerprint density at radius 3 is 3.21 bits per heavy atom. The highest BCUT2D eigenvalue weighted by atomic mass is 32.1. The largest absolute Gasteiger partial charge is 0.374 e. The summed E-state index contributed by atoms with van der Waals surface area (Å²) in [6, 6.07) is 2.56. The number of hydrogen-bond acceptors (Lipinski definition) is 5. The molecule has 2 aromatic heterocycles. The number of fused-ring (bicyclic) bond motifs is 1. The number of nitrogens with one attached hydrogen (secondary N) is 1. The Morgan fingerprint density at radius 2 is 2.46 bits per heavy atom. The predicted octanol–water partition coefficient (Wildman–Crippen LogP) is 1.64. The number of aromatic nitrogens is 2. The van der Waals surface area contributed by atoms with E-state index in [2.05, 4.69) is 32.0 Å². The van der Waals surface area contributed by atoms with Crippen molar-refractivity contribution in [3.63, 3.8) is 0 Å². The molecule has 0 unspecified atom stereocenters. The molecule has 0 aliphatic carbocycles. The number of nitrogens with zero attached hydrogens (tertiary/aromatic N) is 3. The Bertz CT molecular complexity index is 699. The molecule has 0 saturated carbocycles. The van der Waals surface area contributed by atoms with Crippen molar-refractivity contribution in [1.29, 1.82) is 0 Å². The summed E-state index contributed by atoms with van der Waals surface area (Å²) in [6.07, 6.45) is 5.71. The van der Waals surface area contributed by atoms with Gasteiger partial charge >= 0.3 is 0 Å². The molecule has 0 bridgehead atoms. The van der Waals surface area contributed by atoms with Gasteiger partial charge in [0, 0.05) is 45.2 Å². The number of thiophene rings is 1. The summed E-state index contributed by atoms with van der Waals surface area (Å²) in [7, 11) is 1.83. The third-order valence-corrected chi connectivity index (χ3v) is 5.67. The lowest BCUT2D eigenvalue weighted by molar-refractivity contribution is -0.0211. The van der Waals surface area contributed by atoms with Crippen molar-refractivity contribution in [2.24, 2.45) is 7.05 Å². The van der Waals surface area contributed by atoms with Crippen LogP contribution in [0.15, 0.2) is 29.2 Å². The Morgan fingerprint density at radius 1 is 1.54 bits per heavy atom. The summed E-state index contributed by atoms with van der Waals surface area (Å²) in [5.74, 6) is 0.316. The molecule has 1 amide bonds. The lowest BCUT2D eigenvalue weighted by Crippen LogP contribution is -2.48. The number of amides is 1. The van der Waals surface area contributed by atoms with Crippen molar-refractivity contribution in [2.75, 3.05) is 13.2 Å². The number of carbonyl (C=O) groups excluding carboxylic acids is 1. The molecule has 0 spiro atoms. The highest BCUT2D eigenvalue weighted by molar-refractivity contribution is 7.07. The monoisotopic (exact) mass is 346 g/mol. The summed E-state index contributed by atoms with van der Waals surface area (Å²) < 4.78 is 7.77. The van der Waals surface area contributed by atoms with E-state index in [1.807, 2.05) is 7.05 Å². The van der Waals surface area contributed by atoms with E-state index in [4.69, 9.17) is 4.74 Å². The van der Waals surface area contributed by atoms with E-state index in [9.17, 15) is 4.79 Å². The maximum absolute atomic E-state index is 12.5. The van der Waals surface area contributed by atoms with Gasteiger partial charge in [-0.2, -0.15) is 11.3 Å². The zero-order chi connectivity index (χ0) is 16.5. The summed E-state index contributed by atoms with van der Waals surface area (Å²) in [6.45, 7) is 2.52. The minimum absolute atomic E-state index is 0.0122. The Balaban J connectivity index is 1.48. The molecule has 7 heteroatoms. The molecule has 0 radical (unpaired) electrons. The third-order valence-electron chi connectivity index (χ3n) is 4.94. The second-order valence-corrected chi connectivity index (χ2v) is 7.33. The highest BCUT2D eigenvalue weighted by Gasteiger charge is 2.44. The average molecular weight is 346 g/mol. The van der Waals surface area contributed by atoms with Gasteiger partial charge in [0.25, 0.3) is 5.91 Å². The lowest BCUT2D eigenvalue weighted by Gasteiger charge is -2.32. The average Bonchev–Trinajstić information content (AvgIpc) is 3.30. The van der Waals surface area contributed by atoms with Crippen LogP contribution in [-0.2, 0) is 18.3 Å². The first-order valence-corrected chi connectivity index (χ1v) is 9.31. The van der Waals surface area contributed by atoms with E-state index < -0.39 is 0 Å². The number of ether oxygens (including phenoxy) is 1. The van der Waals surface area contributed by atoms with Gasteiger partial charge in [-0.05, 0) is 35.2 Å². The third kappa shape index (κ3) is 2.99. The van der Waals surface area contributed by atoms with E-state index in [-0.39, 0.29) is 18.1 Å². The number of rotatable bonds is 4. The molecule has 2 aromatic rings. The molecule has 2 aliphatic rings. The predicted molar refractivity (Wildman–Crippen MR) is 92.0 cm³/mol. The topological polar surface area (TPSA) is 59.4 Å². The second-order valence-electron chi connectivity index (χ2n) is 6.55. The van der Waals surface area contributed by atoms with Crippen molar-refractivity contribution in [3.8, 4) is 0 Å². The molecule has 128 valence electrons. The molecule has 2 saturated heterocycles. The van der Waals surface area contributed by atoms with Crippen molar-refractivity contribution >= 4 is 17.2 Å². The summed E-state index contributed by atoms with van der Waals surface area (Å²) in [4.78, 5) is 19.1. The molecule has 0 aromatic carbocycles. The van der Waals surface area contributed by atoms with E-state index >= 15 is 0 Å². The van der Waals surface area contributed by atoms with Crippen LogP contribution in [0, 0.1) is 0 Å². The molecule has 24 heavy (non-hydrogen) atoms. The first-order valence-electron chi connectivity index (χ1n) is 8.37. The number of carbonyl (C=O) groups is 1. The molecular weight excluding hydrogens is 324 g/mol. The second kappa shape index (κ2) is 6.66. The van der Waals surface area contributed by atoms with Gasteiger partial charge in [0.2, 0.25) is 0 Å². The number of aryl methyl sites for hydroxylation is 1. The van der Waals surface area contributed by atoms with Crippen LogP contribution >= 0.6 is 11.3 Å². The van der Waals surface area contributed by atoms with Gasteiger partial charge in [-0.1, -0.05) is 0 Å². The fourth-order valence-corrected chi connectivity index (χ4v) is 4.46. The van der Waals surface area contributed by atoms with Gasteiger partial charge in [-0.25, -0.2) is 4.98 Å². The van der Waals surface area contributed by atoms with Crippen LogP contribution in [0.5, 0.6) is 0 Å². The molecule has 6 nitrogen and oxygen atoms in total. The van der Waals surface area contributed by atoms with Crippen LogP contribution in [0.4, 0.5) is 0 Å². The molecule has 2 fully saturated rings. The zero-order valence-corrected chi connectivity index (χ0v) is 14.5. The van der Waals surface area contributed by atoms with Crippen molar-refractivity contribution in [2.45, 2.75) is 37.6 Å². The van der Waals surface area contributed by atoms with Crippen molar-refractivity contribution in [3.05, 3.63) is 40.6 Å². The maximum Gasteiger partial charge on any atom is 0.287 e. The molecule has 2 aliphatic heterocycles. The van der Waals surface area contributed by atoms with Crippen LogP contribution in [0.25, 0.3) is 0 Å². The number of imidazole rings is 1. The number of hydrogen-bond donors (Lipinski definition) is 1. The SMILES string of the molecule is Cn1ccnc1C(=O)N[C@H]1CN(Cc2ccsc2)[C@@H]2CCCO[C@H]12. The summed E-state index contributed by atoms with van der Waals surface area (Å²) in [5.41, 5.74) is 1.33. The van der Waals surface area contributed by atoms with Crippen LogP contribution in [0.3, 0.4) is 0 Å². The Labute approximate surface area is 145 Å². The fourth-order valence-electron chi connectivity index (χ4n) is 3.80. The van der Waals surface area contributed by atoms with Crippen LogP contribution in [-0.4, -0.2) is 51.7 Å².